The van der Waals surface area contributed by atoms with Crippen molar-refractivity contribution in [2.24, 2.45) is 0 Å². The van der Waals surface area contributed by atoms with Crippen molar-refractivity contribution in [1.29, 1.82) is 0 Å². The Bertz CT molecular complexity index is 303. The van der Waals surface area contributed by atoms with E-state index in [1.165, 1.54) is 6.42 Å². The van der Waals surface area contributed by atoms with E-state index in [2.05, 4.69) is 20.6 Å². The van der Waals surface area contributed by atoms with Crippen LogP contribution in [0, 0.1) is 0 Å². The van der Waals surface area contributed by atoms with Crippen LogP contribution in [0.15, 0.2) is 12.4 Å². The van der Waals surface area contributed by atoms with Gasteiger partial charge in [0.1, 0.15) is 5.82 Å². The van der Waals surface area contributed by atoms with Crippen molar-refractivity contribution >= 4 is 5.91 Å². The summed E-state index contributed by atoms with van der Waals surface area (Å²) in [5.41, 5.74) is 0. The summed E-state index contributed by atoms with van der Waals surface area (Å²) in [6.07, 6.45) is 6.67. The topological polar surface area (TPSA) is 69.8 Å². The molecule has 5 nitrogen and oxygen atoms in total. The molecule has 1 atom stereocenters. The molecule has 1 saturated heterocycles. The highest BCUT2D eigenvalue weighted by Gasteiger charge is 2.19. The Balaban J connectivity index is 1.76. The molecule has 1 fully saturated rings. The minimum Gasteiger partial charge on any atom is -0.348 e. The maximum absolute atomic E-state index is 11.7. The third-order valence-electron chi connectivity index (χ3n) is 2.61. The van der Waals surface area contributed by atoms with Gasteiger partial charge in [-0.2, -0.15) is 0 Å². The molecular formula is C10H16N4O. The summed E-state index contributed by atoms with van der Waals surface area (Å²) >= 11 is 0. The second-order valence-electron chi connectivity index (χ2n) is 3.76. The Labute approximate surface area is 88.7 Å². The van der Waals surface area contributed by atoms with Crippen molar-refractivity contribution in [3.8, 4) is 0 Å². The first-order valence-corrected chi connectivity index (χ1v) is 5.35. The number of carbonyl (C=O) groups excluding carboxylic acids is 1. The zero-order chi connectivity index (χ0) is 10.5. The van der Waals surface area contributed by atoms with E-state index in [4.69, 9.17) is 0 Å². The number of H-pyrrole nitrogens is 1. The van der Waals surface area contributed by atoms with E-state index in [0.29, 0.717) is 6.54 Å². The monoisotopic (exact) mass is 208 g/mol. The first-order valence-electron chi connectivity index (χ1n) is 5.35. The summed E-state index contributed by atoms with van der Waals surface area (Å²) in [7, 11) is 0. The lowest BCUT2D eigenvalue weighted by atomic mass is 10.0. The molecule has 0 aromatic carbocycles. The van der Waals surface area contributed by atoms with Gasteiger partial charge in [-0.15, -0.1) is 0 Å². The number of carbonyl (C=O) groups is 1. The van der Waals surface area contributed by atoms with Gasteiger partial charge in [-0.25, -0.2) is 4.98 Å². The summed E-state index contributed by atoms with van der Waals surface area (Å²) in [5.74, 6) is 0.866. The number of hydrogen-bond donors (Lipinski definition) is 3. The van der Waals surface area contributed by atoms with E-state index in [9.17, 15) is 4.79 Å². The van der Waals surface area contributed by atoms with Crippen LogP contribution in [-0.2, 0) is 11.3 Å². The van der Waals surface area contributed by atoms with Crippen molar-refractivity contribution in [3.05, 3.63) is 18.2 Å². The molecule has 2 rings (SSSR count). The van der Waals surface area contributed by atoms with E-state index in [1.807, 2.05) is 0 Å². The molecule has 0 radical (unpaired) electrons. The average molecular weight is 208 g/mol. The lowest BCUT2D eigenvalue weighted by molar-refractivity contribution is -0.123. The van der Waals surface area contributed by atoms with Crippen LogP contribution in [0.25, 0.3) is 0 Å². The molecule has 5 heteroatoms. The molecule has 0 aliphatic carbocycles. The average Bonchev–Trinajstić information content (AvgIpc) is 2.80. The van der Waals surface area contributed by atoms with E-state index >= 15 is 0 Å². The van der Waals surface area contributed by atoms with Crippen LogP contribution in [0.1, 0.15) is 25.1 Å². The van der Waals surface area contributed by atoms with Crippen LogP contribution < -0.4 is 10.6 Å². The summed E-state index contributed by atoms with van der Waals surface area (Å²) in [6.45, 7) is 1.42. The second-order valence-corrected chi connectivity index (χ2v) is 3.76. The third-order valence-corrected chi connectivity index (χ3v) is 2.61. The maximum Gasteiger partial charge on any atom is 0.237 e. The molecule has 1 aromatic heterocycles. The van der Waals surface area contributed by atoms with Crippen molar-refractivity contribution in [2.45, 2.75) is 31.8 Å². The molecule has 1 aromatic rings. The third kappa shape index (κ3) is 2.79. The van der Waals surface area contributed by atoms with Crippen LogP contribution in [0.2, 0.25) is 0 Å². The van der Waals surface area contributed by atoms with E-state index in [-0.39, 0.29) is 11.9 Å². The highest BCUT2D eigenvalue weighted by molar-refractivity contribution is 5.81. The summed E-state index contributed by atoms with van der Waals surface area (Å²) in [4.78, 5) is 18.7. The van der Waals surface area contributed by atoms with Gasteiger partial charge in [-0.1, -0.05) is 6.42 Å². The van der Waals surface area contributed by atoms with E-state index in [0.717, 1.165) is 25.2 Å². The second kappa shape index (κ2) is 4.93. The zero-order valence-electron chi connectivity index (χ0n) is 8.62. The van der Waals surface area contributed by atoms with Crippen molar-refractivity contribution < 1.29 is 4.79 Å². The molecule has 0 spiro atoms. The van der Waals surface area contributed by atoms with Gasteiger partial charge < -0.3 is 15.6 Å². The fourth-order valence-electron chi connectivity index (χ4n) is 1.76. The Morgan fingerprint density at radius 2 is 2.53 bits per heavy atom. The van der Waals surface area contributed by atoms with Crippen molar-refractivity contribution in [1.82, 2.24) is 20.6 Å². The Kier molecular flexibility index (Phi) is 3.34. The van der Waals surface area contributed by atoms with Gasteiger partial charge in [0.25, 0.3) is 0 Å². The summed E-state index contributed by atoms with van der Waals surface area (Å²) in [5, 5.41) is 6.07. The minimum absolute atomic E-state index is 0.0197. The predicted octanol–water partition coefficient (Wildman–Crippen LogP) is 0.168. The lowest BCUT2D eigenvalue weighted by Crippen LogP contribution is -2.46. The molecular weight excluding hydrogens is 192 g/mol. The van der Waals surface area contributed by atoms with Crippen LogP contribution in [0.5, 0.6) is 0 Å². The molecule has 1 aliphatic heterocycles. The number of nitrogens with one attached hydrogen (secondary N) is 3. The Morgan fingerprint density at radius 3 is 3.20 bits per heavy atom. The van der Waals surface area contributed by atoms with Gasteiger partial charge >= 0.3 is 0 Å². The minimum atomic E-state index is -0.0197. The van der Waals surface area contributed by atoms with Gasteiger partial charge in [0.2, 0.25) is 5.91 Å². The summed E-state index contributed by atoms with van der Waals surface area (Å²) < 4.78 is 0. The number of aromatic nitrogens is 2. The zero-order valence-corrected chi connectivity index (χ0v) is 8.62. The van der Waals surface area contributed by atoms with E-state index < -0.39 is 0 Å². The summed E-state index contributed by atoms with van der Waals surface area (Å²) in [6, 6.07) is -0.0197. The number of nitrogens with zero attached hydrogens (tertiary/aromatic N) is 1. The van der Waals surface area contributed by atoms with Gasteiger partial charge in [0, 0.05) is 12.4 Å². The van der Waals surface area contributed by atoms with E-state index in [1.54, 1.807) is 12.4 Å². The highest BCUT2D eigenvalue weighted by Crippen LogP contribution is 2.06. The first-order chi connectivity index (χ1) is 7.36. The van der Waals surface area contributed by atoms with Crippen LogP contribution in [0.3, 0.4) is 0 Å². The number of aromatic amines is 1. The Morgan fingerprint density at radius 1 is 1.60 bits per heavy atom. The maximum atomic E-state index is 11.7. The Hall–Kier alpha value is -1.36. The fraction of sp³-hybridized carbons (Fsp3) is 0.600. The smallest absolute Gasteiger partial charge is 0.237 e. The normalized spacial score (nSPS) is 21.2. The number of imidazole rings is 1. The number of piperidine rings is 1. The highest BCUT2D eigenvalue weighted by atomic mass is 16.2. The molecule has 2 heterocycles. The fourth-order valence-corrected chi connectivity index (χ4v) is 1.76. The SMILES string of the molecule is O=C(NCc1ncc[nH]1)[C@@H]1CCCCN1. The molecule has 0 bridgehead atoms. The quantitative estimate of drug-likeness (QED) is 0.663. The van der Waals surface area contributed by atoms with Gasteiger partial charge in [0.15, 0.2) is 0 Å². The van der Waals surface area contributed by atoms with Crippen molar-refractivity contribution in [3.63, 3.8) is 0 Å². The van der Waals surface area contributed by atoms with Crippen LogP contribution >= 0.6 is 0 Å². The standard InChI is InChI=1S/C10H16N4O/c15-10(8-3-1-2-4-11-8)14-7-9-12-5-6-13-9/h5-6,8,11H,1-4,7H2,(H,12,13)(H,14,15)/t8-/m0/s1. The molecule has 0 saturated carbocycles. The first kappa shape index (κ1) is 10.2. The van der Waals surface area contributed by atoms with Crippen molar-refractivity contribution in [2.75, 3.05) is 6.54 Å². The molecule has 15 heavy (non-hydrogen) atoms. The van der Waals surface area contributed by atoms with Crippen LogP contribution in [0.4, 0.5) is 0 Å². The van der Waals surface area contributed by atoms with Gasteiger partial charge in [-0.05, 0) is 19.4 Å². The largest absolute Gasteiger partial charge is 0.348 e. The molecule has 82 valence electrons. The number of hydrogen-bond acceptors (Lipinski definition) is 3. The molecule has 1 aliphatic rings. The molecule has 1 amide bonds. The number of rotatable bonds is 3. The predicted molar refractivity (Wildman–Crippen MR) is 56.1 cm³/mol. The lowest BCUT2D eigenvalue weighted by Gasteiger charge is -2.22. The van der Waals surface area contributed by atoms with Gasteiger partial charge in [-0.3, -0.25) is 4.79 Å². The number of amides is 1. The molecule has 3 N–H and O–H groups in total. The van der Waals surface area contributed by atoms with Gasteiger partial charge in [0.05, 0.1) is 12.6 Å². The van der Waals surface area contributed by atoms with Crippen LogP contribution in [-0.4, -0.2) is 28.5 Å². The molecule has 0 unspecified atom stereocenters.